The lowest BCUT2D eigenvalue weighted by molar-refractivity contribution is 0.561. The van der Waals surface area contributed by atoms with Gasteiger partial charge in [0.1, 0.15) is 0 Å². The smallest absolute Gasteiger partial charge is 0.293 e. The average molecular weight is 252 g/mol. The topological polar surface area (TPSA) is 64.2 Å². The van der Waals surface area contributed by atoms with Gasteiger partial charge >= 0.3 is 0 Å². The molecule has 0 fully saturated rings. The van der Waals surface area contributed by atoms with E-state index in [-0.39, 0.29) is 11.6 Å². The average Bonchev–Trinajstić information content (AvgIpc) is 2.27. The van der Waals surface area contributed by atoms with Gasteiger partial charge in [0.15, 0.2) is 5.82 Å². The van der Waals surface area contributed by atoms with Crippen molar-refractivity contribution in [2.45, 2.75) is 33.7 Å². The summed E-state index contributed by atoms with van der Waals surface area (Å²) in [7, 11) is 0. The lowest BCUT2D eigenvalue weighted by atomic mass is 10.2. The minimum absolute atomic E-state index is 0.0402. The first-order valence-electron chi connectivity index (χ1n) is 6.49. The third-order valence-corrected chi connectivity index (χ3v) is 2.69. The molecule has 0 saturated carbocycles. The zero-order chi connectivity index (χ0) is 13.7. The molecule has 0 amide bonds. The van der Waals surface area contributed by atoms with Gasteiger partial charge in [-0.2, -0.15) is 0 Å². The molecule has 1 aromatic heterocycles. The first kappa shape index (κ1) is 14.7. The summed E-state index contributed by atoms with van der Waals surface area (Å²) in [5.41, 5.74) is 5.57. The van der Waals surface area contributed by atoms with Crippen molar-refractivity contribution in [1.29, 1.82) is 0 Å². The van der Waals surface area contributed by atoms with Gasteiger partial charge < -0.3 is 15.2 Å². The van der Waals surface area contributed by atoms with Crippen LogP contribution in [0.15, 0.2) is 17.2 Å². The Labute approximate surface area is 109 Å². The van der Waals surface area contributed by atoms with Crippen LogP contribution in [0.25, 0.3) is 0 Å². The van der Waals surface area contributed by atoms with Crippen molar-refractivity contribution in [2.75, 3.05) is 24.5 Å². The minimum atomic E-state index is -0.0402. The van der Waals surface area contributed by atoms with E-state index >= 15 is 0 Å². The molecule has 0 saturated heterocycles. The van der Waals surface area contributed by atoms with E-state index < -0.39 is 0 Å². The van der Waals surface area contributed by atoms with Crippen molar-refractivity contribution in [3.8, 4) is 0 Å². The van der Waals surface area contributed by atoms with Crippen LogP contribution < -0.4 is 16.2 Å². The lowest BCUT2D eigenvalue weighted by Gasteiger charge is -2.25. The van der Waals surface area contributed by atoms with E-state index in [1.807, 2.05) is 18.7 Å². The Bertz CT molecular complexity index is 425. The highest BCUT2D eigenvalue weighted by atomic mass is 16.1. The summed E-state index contributed by atoms with van der Waals surface area (Å²) in [6, 6.07) is 0.137. The van der Waals surface area contributed by atoms with Crippen molar-refractivity contribution in [1.82, 2.24) is 9.55 Å². The Hall–Kier alpha value is -1.36. The second-order valence-electron chi connectivity index (χ2n) is 5.19. The molecule has 0 aliphatic heterocycles. The molecule has 2 N–H and O–H groups in total. The number of nitrogens with zero attached hydrogens (tertiary/aromatic N) is 3. The van der Waals surface area contributed by atoms with Crippen LogP contribution in [-0.4, -0.2) is 29.2 Å². The standard InChI is InChI=1S/C13H24N4O/c1-10(2)9-16(7-5-14)12-13(18)17(11(3)4)8-6-15-12/h6,8,10-11H,5,7,9,14H2,1-4H3. The molecule has 0 aromatic carbocycles. The third-order valence-electron chi connectivity index (χ3n) is 2.69. The van der Waals surface area contributed by atoms with Gasteiger partial charge in [-0.15, -0.1) is 0 Å². The number of rotatable bonds is 6. The van der Waals surface area contributed by atoms with Crippen molar-refractivity contribution in [2.24, 2.45) is 11.7 Å². The van der Waals surface area contributed by atoms with Crippen LogP contribution in [0.2, 0.25) is 0 Å². The summed E-state index contributed by atoms with van der Waals surface area (Å²) < 4.78 is 1.70. The largest absolute Gasteiger partial charge is 0.351 e. The summed E-state index contributed by atoms with van der Waals surface area (Å²) in [5.74, 6) is 0.968. The Morgan fingerprint density at radius 1 is 1.39 bits per heavy atom. The Morgan fingerprint density at radius 3 is 2.56 bits per heavy atom. The lowest BCUT2D eigenvalue weighted by Crippen LogP contribution is -2.39. The summed E-state index contributed by atoms with van der Waals surface area (Å²) in [6.45, 7) is 10.2. The Balaban J connectivity index is 3.12. The molecule has 0 aliphatic rings. The van der Waals surface area contributed by atoms with E-state index in [4.69, 9.17) is 5.73 Å². The van der Waals surface area contributed by atoms with Gasteiger partial charge in [-0.1, -0.05) is 13.8 Å². The van der Waals surface area contributed by atoms with Crippen LogP contribution in [0.1, 0.15) is 33.7 Å². The number of hydrogen-bond donors (Lipinski definition) is 1. The van der Waals surface area contributed by atoms with Crippen molar-refractivity contribution >= 4 is 5.82 Å². The summed E-state index contributed by atoms with van der Waals surface area (Å²) in [6.07, 6.45) is 3.41. The first-order chi connectivity index (χ1) is 8.47. The maximum Gasteiger partial charge on any atom is 0.293 e. The van der Waals surface area contributed by atoms with Gasteiger partial charge in [-0.3, -0.25) is 4.79 Å². The zero-order valence-corrected chi connectivity index (χ0v) is 11.8. The molecule has 0 spiro atoms. The molecule has 18 heavy (non-hydrogen) atoms. The van der Waals surface area contributed by atoms with Crippen molar-refractivity contribution < 1.29 is 0 Å². The second-order valence-corrected chi connectivity index (χ2v) is 5.19. The maximum absolute atomic E-state index is 12.3. The van der Waals surface area contributed by atoms with Crippen LogP contribution in [0.4, 0.5) is 5.82 Å². The molecule has 0 atom stereocenters. The second kappa shape index (κ2) is 6.54. The van der Waals surface area contributed by atoms with Crippen molar-refractivity contribution in [3.63, 3.8) is 0 Å². The highest BCUT2D eigenvalue weighted by molar-refractivity contribution is 5.35. The molecule has 0 bridgehead atoms. The predicted molar refractivity (Wildman–Crippen MR) is 75.0 cm³/mol. The highest BCUT2D eigenvalue weighted by Crippen LogP contribution is 2.08. The normalized spacial score (nSPS) is 11.3. The number of hydrogen-bond acceptors (Lipinski definition) is 4. The fourth-order valence-corrected chi connectivity index (χ4v) is 1.92. The van der Waals surface area contributed by atoms with Crippen LogP contribution in [-0.2, 0) is 0 Å². The van der Waals surface area contributed by atoms with Gasteiger partial charge in [0, 0.05) is 38.1 Å². The molecule has 102 valence electrons. The summed E-state index contributed by atoms with van der Waals surface area (Å²) >= 11 is 0. The molecular weight excluding hydrogens is 228 g/mol. The number of nitrogens with two attached hydrogens (primary N) is 1. The van der Waals surface area contributed by atoms with Gasteiger partial charge in [0.05, 0.1) is 0 Å². The molecule has 1 heterocycles. The van der Waals surface area contributed by atoms with E-state index in [9.17, 15) is 4.79 Å². The fourth-order valence-electron chi connectivity index (χ4n) is 1.92. The van der Waals surface area contributed by atoms with Gasteiger partial charge in [0.2, 0.25) is 0 Å². The fraction of sp³-hybridized carbons (Fsp3) is 0.692. The van der Waals surface area contributed by atoms with E-state index in [1.54, 1.807) is 17.0 Å². The van der Waals surface area contributed by atoms with Crippen LogP contribution in [0.3, 0.4) is 0 Å². The molecule has 5 nitrogen and oxygen atoms in total. The number of aromatic nitrogens is 2. The molecule has 5 heteroatoms. The van der Waals surface area contributed by atoms with Crippen LogP contribution >= 0.6 is 0 Å². The quantitative estimate of drug-likeness (QED) is 0.827. The highest BCUT2D eigenvalue weighted by Gasteiger charge is 2.15. The zero-order valence-electron chi connectivity index (χ0n) is 11.8. The van der Waals surface area contributed by atoms with E-state index in [2.05, 4.69) is 18.8 Å². The van der Waals surface area contributed by atoms with Crippen LogP contribution in [0.5, 0.6) is 0 Å². The first-order valence-corrected chi connectivity index (χ1v) is 6.49. The minimum Gasteiger partial charge on any atom is -0.351 e. The van der Waals surface area contributed by atoms with E-state index in [0.29, 0.717) is 24.8 Å². The Kier molecular flexibility index (Phi) is 5.34. The van der Waals surface area contributed by atoms with E-state index in [0.717, 1.165) is 6.54 Å². The van der Waals surface area contributed by atoms with Gasteiger partial charge in [0.25, 0.3) is 5.56 Å². The van der Waals surface area contributed by atoms with Gasteiger partial charge in [-0.05, 0) is 19.8 Å². The maximum atomic E-state index is 12.3. The monoisotopic (exact) mass is 252 g/mol. The summed E-state index contributed by atoms with van der Waals surface area (Å²) in [5, 5.41) is 0. The molecule has 1 rings (SSSR count). The third kappa shape index (κ3) is 3.57. The SMILES string of the molecule is CC(C)CN(CCN)c1nccn(C(C)C)c1=O. The molecule has 1 aromatic rings. The van der Waals surface area contributed by atoms with Crippen molar-refractivity contribution in [3.05, 3.63) is 22.7 Å². The van der Waals surface area contributed by atoms with Crippen LogP contribution in [0, 0.1) is 5.92 Å². The van der Waals surface area contributed by atoms with E-state index in [1.165, 1.54) is 0 Å². The molecular formula is C13H24N4O. The number of anilines is 1. The molecule has 0 radical (unpaired) electrons. The summed E-state index contributed by atoms with van der Waals surface area (Å²) in [4.78, 5) is 18.5. The molecule has 0 unspecified atom stereocenters. The Morgan fingerprint density at radius 2 is 2.06 bits per heavy atom. The predicted octanol–water partition coefficient (Wildman–Crippen LogP) is 1.25. The van der Waals surface area contributed by atoms with Gasteiger partial charge in [-0.25, -0.2) is 4.98 Å². The molecule has 0 aliphatic carbocycles.